The number of hydrogen-bond donors (Lipinski definition) is 2. The maximum Gasteiger partial charge on any atom is 0.409 e. The van der Waals surface area contributed by atoms with Crippen molar-refractivity contribution in [2.24, 2.45) is 12.5 Å². The summed E-state index contributed by atoms with van der Waals surface area (Å²) in [6.45, 7) is 7.99. The van der Waals surface area contributed by atoms with Gasteiger partial charge >= 0.3 is 6.09 Å². The molecule has 1 aliphatic rings. The molecule has 0 radical (unpaired) electrons. The molecule has 3 atom stereocenters. The molecule has 2 N–H and O–H groups in total. The smallest absolute Gasteiger partial charge is 0.409 e. The van der Waals surface area contributed by atoms with E-state index in [1.54, 1.807) is 11.8 Å². The van der Waals surface area contributed by atoms with Crippen LogP contribution in [0.15, 0.2) is 60.7 Å². The van der Waals surface area contributed by atoms with Crippen molar-refractivity contribution in [1.82, 2.24) is 19.7 Å². The maximum absolute atomic E-state index is 14.0. The third-order valence-corrected chi connectivity index (χ3v) is 8.01. The summed E-state index contributed by atoms with van der Waals surface area (Å²) in [5.74, 6) is -1.96. The Kier molecular flexibility index (Phi) is 8.85. The molecule has 1 unspecified atom stereocenters. The number of Topliss-reactive ketones (excluding diaryl/α,β-unsaturated/α-hetero) is 1. The first-order valence-electron chi connectivity index (χ1n) is 14.2. The molecule has 1 aromatic heterocycles. The van der Waals surface area contributed by atoms with Gasteiger partial charge in [0.15, 0.2) is 0 Å². The number of nitrogens with one attached hydrogen (secondary N) is 1. The molecule has 3 amide bonds. The average molecular weight is 561 g/mol. The van der Waals surface area contributed by atoms with Crippen LogP contribution in [-0.2, 0) is 16.6 Å². The van der Waals surface area contributed by atoms with Crippen molar-refractivity contribution >= 4 is 34.6 Å². The zero-order chi connectivity index (χ0) is 29.9. The van der Waals surface area contributed by atoms with Crippen molar-refractivity contribution in [1.29, 1.82) is 0 Å². The van der Waals surface area contributed by atoms with Crippen molar-refractivity contribution in [3.8, 4) is 0 Å². The van der Waals surface area contributed by atoms with Crippen LogP contribution in [0.4, 0.5) is 4.79 Å². The van der Waals surface area contributed by atoms with E-state index in [4.69, 9.17) is 0 Å². The molecular weight excluding hydrogens is 520 g/mol. The molecule has 1 aliphatic heterocycles. The van der Waals surface area contributed by atoms with Gasteiger partial charge in [-0.25, -0.2) is 4.79 Å². The van der Waals surface area contributed by atoms with Gasteiger partial charge in [0.25, 0.3) is 11.8 Å². The Hall–Kier alpha value is -4.14. The highest BCUT2D eigenvalue weighted by atomic mass is 16.4. The minimum atomic E-state index is -1.33. The standard InChI is InChI=1S/C32H40N4O5/c1-6-7-16-25(28(37)29(38)33-21(2)22-13-9-8-10-14-22)36(31(40)41)27-19-32(3,4)20-35(27)30(39)26-18-23-15-11-12-17-24(23)34(26)5/h8-15,17-18,21,25,27H,6-7,16,19-20H2,1-5H3,(H,33,38)(H,40,41)/t21-,25+,27?/m1/s1. The molecule has 41 heavy (non-hydrogen) atoms. The van der Waals surface area contributed by atoms with Gasteiger partial charge in [0.1, 0.15) is 17.9 Å². The Balaban J connectivity index is 1.67. The summed E-state index contributed by atoms with van der Waals surface area (Å²) < 4.78 is 1.81. The zero-order valence-electron chi connectivity index (χ0n) is 24.5. The number of nitrogens with zero attached hydrogens (tertiary/aromatic N) is 3. The number of hydrogen-bond acceptors (Lipinski definition) is 4. The molecule has 2 heterocycles. The molecule has 0 bridgehead atoms. The maximum atomic E-state index is 14.0. The number of ketones is 1. The molecule has 218 valence electrons. The largest absolute Gasteiger partial charge is 0.465 e. The van der Waals surface area contributed by atoms with E-state index in [9.17, 15) is 24.3 Å². The highest BCUT2D eigenvalue weighted by Crippen LogP contribution is 2.38. The Labute approximate surface area is 241 Å². The topological polar surface area (TPSA) is 112 Å². The van der Waals surface area contributed by atoms with Crippen LogP contribution in [0, 0.1) is 5.41 Å². The fraction of sp³-hybridized carbons (Fsp3) is 0.438. The van der Waals surface area contributed by atoms with E-state index in [1.807, 2.05) is 93.0 Å². The third-order valence-electron chi connectivity index (χ3n) is 8.01. The molecule has 0 saturated carbocycles. The van der Waals surface area contributed by atoms with E-state index in [0.29, 0.717) is 31.5 Å². The number of benzene rings is 2. The van der Waals surface area contributed by atoms with Crippen molar-refractivity contribution in [3.63, 3.8) is 0 Å². The number of fused-ring (bicyclic) bond motifs is 1. The number of carbonyl (C=O) groups excluding carboxylic acids is 3. The van der Waals surface area contributed by atoms with E-state index < -0.39 is 41.4 Å². The van der Waals surface area contributed by atoms with Crippen LogP contribution >= 0.6 is 0 Å². The lowest BCUT2D eigenvalue weighted by Gasteiger charge is -2.37. The molecule has 2 aromatic carbocycles. The van der Waals surface area contributed by atoms with Crippen LogP contribution in [0.2, 0.25) is 0 Å². The molecular formula is C32H40N4O5. The van der Waals surface area contributed by atoms with E-state index in [2.05, 4.69) is 5.32 Å². The molecule has 0 aliphatic carbocycles. The van der Waals surface area contributed by atoms with Gasteiger partial charge in [-0.2, -0.15) is 0 Å². The van der Waals surface area contributed by atoms with Gasteiger partial charge in [-0.15, -0.1) is 0 Å². The highest BCUT2D eigenvalue weighted by molar-refractivity contribution is 6.38. The van der Waals surface area contributed by atoms with E-state index >= 15 is 0 Å². The molecule has 9 heteroatoms. The van der Waals surface area contributed by atoms with E-state index in [1.165, 1.54) is 0 Å². The Morgan fingerprint density at radius 1 is 1.07 bits per heavy atom. The van der Waals surface area contributed by atoms with Gasteiger partial charge < -0.3 is 19.9 Å². The van der Waals surface area contributed by atoms with Crippen molar-refractivity contribution in [3.05, 3.63) is 71.9 Å². The second-order valence-electron chi connectivity index (χ2n) is 11.7. The summed E-state index contributed by atoms with van der Waals surface area (Å²) in [5.41, 5.74) is 1.76. The van der Waals surface area contributed by atoms with Crippen LogP contribution < -0.4 is 5.32 Å². The molecule has 4 rings (SSSR count). The van der Waals surface area contributed by atoms with Crippen molar-refractivity contribution < 1.29 is 24.3 Å². The summed E-state index contributed by atoms with van der Waals surface area (Å²) in [6.07, 6.45) is -0.448. The minimum absolute atomic E-state index is 0.182. The Bertz CT molecular complexity index is 1430. The number of unbranched alkanes of at least 4 members (excludes halogenated alkanes) is 1. The fourth-order valence-electron chi connectivity index (χ4n) is 5.84. The minimum Gasteiger partial charge on any atom is -0.465 e. The Morgan fingerprint density at radius 2 is 1.73 bits per heavy atom. The van der Waals surface area contributed by atoms with Gasteiger partial charge in [0, 0.05) is 24.5 Å². The summed E-state index contributed by atoms with van der Waals surface area (Å²) in [6, 6.07) is 17.1. The van der Waals surface area contributed by atoms with Crippen LogP contribution in [0.25, 0.3) is 10.9 Å². The Morgan fingerprint density at radius 3 is 2.37 bits per heavy atom. The molecule has 3 aromatic rings. The van der Waals surface area contributed by atoms with E-state index in [0.717, 1.165) is 21.4 Å². The lowest BCUT2D eigenvalue weighted by atomic mass is 9.91. The summed E-state index contributed by atoms with van der Waals surface area (Å²) in [5, 5.41) is 14.2. The van der Waals surface area contributed by atoms with Gasteiger partial charge in [-0.05, 0) is 42.9 Å². The van der Waals surface area contributed by atoms with Crippen LogP contribution in [0.5, 0.6) is 0 Å². The average Bonchev–Trinajstić information content (AvgIpc) is 3.45. The second kappa shape index (κ2) is 12.2. The molecule has 0 spiro atoms. The summed E-state index contributed by atoms with van der Waals surface area (Å²) in [7, 11) is 1.81. The number of likely N-dealkylation sites (tertiary alicyclic amines) is 1. The number of para-hydroxylation sites is 1. The van der Waals surface area contributed by atoms with Gasteiger partial charge in [0.2, 0.25) is 5.78 Å². The zero-order valence-corrected chi connectivity index (χ0v) is 24.5. The fourth-order valence-corrected chi connectivity index (χ4v) is 5.84. The van der Waals surface area contributed by atoms with Gasteiger partial charge in [0.05, 0.1) is 6.04 Å². The van der Waals surface area contributed by atoms with Crippen molar-refractivity contribution in [2.75, 3.05) is 6.54 Å². The third kappa shape index (κ3) is 6.29. The number of aromatic nitrogens is 1. The van der Waals surface area contributed by atoms with Crippen LogP contribution in [0.1, 0.15) is 75.5 Å². The summed E-state index contributed by atoms with van der Waals surface area (Å²) in [4.78, 5) is 56.4. The number of amides is 3. The first-order chi connectivity index (χ1) is 19.4. The number of carboxylic acid groups (broad SMARTS) is 1. The molecule has 1 saturated heterocycles. The van der Waals surface area contributed by atoms with Crippen LogP contribution in [0.3, 0.4) is 0 Å². The SMILES string of the molecule is CCCC[C@@H](C(=O)C(=O)N[C@H](C)c1ccccc1)N(C(=O)O)C1CC(C)(C)CN1C(=O)c1cc2ccccc2n1C. The number of carbonyl (C=O) groups is 4. The number of rotatable bonds is 10. The summed E-state index contributed by atoms with van der Waals surface area (Å²) >= 11 is 0. The lowest BCUT2D eigenvalue weighted by molar-refractivity contribution is -0.142. The monoisotopic (exact) mass is 560 g/mol. The first-order valence-corrected chi connectivity index (χ1v) is 14.2. The molecule has 1 fully saturated rings. The predicted octanol–water partition coefficient (Wildman–Crippen LogP) is 5.36. The van der Waals surface area contributed by atoms with E-state index in [-0.39, 0.29) is 12.3 Å². The van der Waals surface area contributed by atoms with Gasteiger partial charge in [-0.1, -0.05) is 82.1 Å². The van der Waals surface area contributed by atoms with Crippen molar-refractivity contribution in [2.45, 2.75) is 71.6 Å². The lowest BCUT2D eigenvalue weighted by Crippen LogP contribution is -2.58. The number of aryl methyl sites for hydroxylation is 1. The van der Waals surface area contributed by atoms with Gasteiger partial charge in [-0.3, -0.25) is 19.3 Å². The quantitative estimate of drug-likeness (QED) is 0.324. The highest BCUT2D eigenvalue weighted by Gasteiger charge is 2.49. The van der Waals surface area contributed by atoms with Crippen LogP contribution in [-0.4, -0.2) is 61.9 Å². The normalized spacial score (nSPS) is 17.7. The predicted molar refractivity (Wildman–Crippen MR) is 157 cm³/mol. The first kappa shape index (κ1) is 29.8. The molecule has 9 nitrogen and oxygen atoms in total. The second-order valence-corrected chi connectivity index (χ2v) is 11.7.